The Kier molecular flexibility index (Phi) is 3.27. The summed E-state index contributed by atoms with van der Waals surface area (Å²) in [5, 5.41) is 13.3. The standard InChI is InChI=1S/C19H18N4O/c1-11(2)16-17(14-7-5-13(6-8-14)12-3-4-12)22-18-15(9-20)10-21-23(18)19(16)24/h5-8,10-12,22H,3-4H2,1-2H3. The van der Waals surface area contributed by atoms with Gasteiger partial charge in [-0.1, -0.05) is 38.1 Å². The quantitative estimate of drug-likeness (QED) is 0.802. The summed E-state index contributed by atoms with van der Waals surface area (Å²) in [6.45, 7) is 3.99. The molecular formula is C19H18N4O. The smallest absolute Gasteiger partial charge is 0.278 e. The fourth-order valence-corrected chi connectivity index (χ4v) is 3.21. The van der Waals surface area contributed by atoms with E-state index < -0.39 is 0 Å². The van der Waals surface area contributed by atoms with Crippen LogP contribution in [-0.4, -0.2) is 14.6 Å². The number of nitriles is 1. The minimum absolute atomic E-state index is 0.0472. The highest BCUT2D eigenvalue weighted by Gasteiger charge is 2.24. The maximum Gasteiger partial charge on any atom is 0.278 e. The van der Waals surface area contributed by atoms with Crippen LogP contribution < -0.4 is 5.56 Å². The molecule has 1 saturated carbocycles. The summed E-state index contributed by atoms with van der Waals surface area (Å²) < 4.78 is 1.29. The van der Waals surface area contributed by atoms with Gasteiger partial charge in [-0.3, -0.25) is 4.79 Å². The molecule has 0 spiro atoms. The van der Waals surface area contributed by atoms with Crippen molar-refractivity contribution in [3.05, 3.63) is 57.5 Å². The molecule has 5 heteroatoms. The zero-order chi connectivity index (χ0) is 16.8. The third-order valence-corrected chi connectivity index (χ3v) is 4.65. The SMILES string of the molecule is CC(C)c1c(-c2ccc(C3CC3)cc2)[nH]c2c(C#N)cnn2c1=O. The van der Waals surface area contributed by atoms with Crippen LogP contribution in [0.1, 0.15) is 55.2 Å². The lowest BCUT2D eigenvalue weighted by Crippen LogP contribution is -2.22. The molecule has 1 N–H and O–H groups in total. The van der Waals surface area contributed by atoms with Gasteiger partial charge in [-0.25, -0.2) is 0 Å². The number of nitrogens with one attached hydrogen (secondary N) is 1. The lowest BCUT2D eigenvalue weighted by Gasteiger charge is -2.13. The van der Waals surface area contributed by atoms with Crippen LogP contribution in [0.3, 0.4) is 0 Å². The minimum atomic E-state index is -0.165. The van der Waals surface area contributed by atoms with Gasteiger partial charge in [-0.2, -0.15) is 14.9 Å². The van der Waals surface area contributed by atoms with E-state index in [2.05, 4.69) is 40.4 Å². The molecular weight excluding hydrogens is 300 g/mol. The highest BCUT2D eigenvalue weighted by Crippen LogP contribution is 2.40. The van der Waals surface area contributed by atoms with Gasteiger partial charge < -0.3 is 4.98 Å². The number of nitrogens with zero attached hydrogens (tertiary/aromatic N) is 3. The van der Waals surface area contributed by atoms with Crippen molar-refractivity contribution in [1.82, 2.24) is 14.6 Å². The molecule has 120 valence electrons. The minimum Gasteiger partial charge on any atom is -0.338 e. The molecule has 5 nitrogen and oxygen atoms in total. The molecule has 3 aromatic rings. The van der Waals surface area contributed by atoms with Crippen LogP contribution in [0.25, 0.3) is 16.9 Å². The normalized spacial score (nSPS) is 14.2. The summed E-state index contributed by atoms with van der Waals surface area (Å²) >= 11 is 0. The second-order valence-corrected chi connectivity index (χ2v) is 6.70. The van der Waals surface area contributed by atoms with Crippen LogP contribution in [0.15, 0.2) is 35.3 Å². The van der Waals surface area contributed by atoms with E-state index in [4.69, 9.17) is 0 Å². The highest BCUT2D eigenvalue weighted by atomic mass is 16.1. The van der Waals surface area contributed by atoms with Gasteiger partial charge in [0.25, 0.3) is 5.56 Å². The third kappa shape index (κ3) is 2.23. The molecule has 0 saturated heterocycles. The Morgan fingerprint density at radius 2 is 2.00 bits per heavy atom. The number of aromatic amines is 1. The van der Waals surface area contributed by atoms with E-state index in [1.807, 2.05) is 13.8 Å². The topological polar surface area (TPSA) is 73.9 Å². The number of benzene rings is 1. The second-order valence-electron chi connectivity index (χ2n) is 6.70. The van der Waals surface area contributed by atoms with Gasteiger partial charge in [0.1, 0.15) is 11.6 Å². The van der Waals surface area contributed by atoms with Crippen molar-refractivity contribution in [2.75, 3.05) is 0 Å². The molecule has 0 unspecified atom stereocenters. The lowest BCUT2D eigenvalue weighted by atomic mass is 9.97. The van der Waals surface area contributed by atoms with Crippen molar-refractivity contribution in [2.45, 2.75) is 38.5 Å². The van der Waals surface area contributed by atoms with Crippen molar-refractivity contribution >= 4 is 5.65 Å². The number of fused-ring (bicyclic) bond motifs is 1. The lowest BCUT2D eigenvalue weighted by molar-refractivity contribution is 0.797. The zero-order valence-corrected chi connectivity index (χ0v) is 13.7. The first-order chi connectivity index (χ1) is 11.6. The molecule has 24 heavy (non-hydrogen) atoms. The molecule has 0 amide bonds. The van der Waals surface area contributed by atoms with Gasteiger partial charge in [-0.05, 0) is 35.8 Å². The summed E-state index contributed by atoms with van der Waals surface area (Å²) in [4.78, 5) is 16.1. The molecule has 1 fully saturated rings. The molecule has 0 aliphatic heterocycles. The predicted molar refractivity (Wildman–Crippen MR) is 92.0 cm³/mol. The maximum atomic E-state index is 12.8. The van der Waals surface area contributed by atoms with Gasteiger partial charge in [0.15, 0.2) is 5.65 Å². The summed E-state index contributed by atoms with van der Waals surface area (Å²) in [5.74, 6) is 0.746. The van der Waals surface area contributed by atoms with E-state index in [9.17, 15) is 10.1 Å². The largest absolute Gasteiger partial charge is 0.338 e. The van der Waals surface area contributed by atoms with E-state index >= 15 is 0 Å². The summed E-state index contributed by atoms with van der Waals surface area (Å²) in [7, 11) is 0. The van der Waals surface area contributed by atoms with Crippen molar-refractivity contribution in [3.63, 3.8) is 0 Å². The number of rotatable bonds is 3. The average Bonchev–Trinajstić information content (AvgIpc) is 3.34. The second kappa shape index (κ2) is 5.34. The summed E-state index contributed by atoms with van der Waals surface area (Å²) in [5.41, 5.74) is 4.45. The van der Waals surface area contributed by atoms with Crippen molar-refractivity contribution in [1.29, 1.82) is 5.26 Å². The van der Waals surface area contributed by atoms with Gasteiger partial charge in [0.2, 0.25) is 0 Å². The first kappa shape index (κ1) is 14.7. The Labute approximate surface area is 139 Å². The fourth-order valence-electron chi connectivity index (χ4n) is 3.21. The van der Waals surface area contributed by atoms with Crippen LogP contribution in [-0.2, 0) is 0 Å². The van der Waals surface area contributed by atoms with Gasteiger partial charge >= 0.3 is 0 Å². The van der Waals surface area contributed by atoms with E-state index in [1.165, 1.54) is 29.1 Å². The fraction of sp³-hybridized carbons (Fsp3) is 0.316. The Hall–Kier alpha value is -2.87. The average molecular weight is 318 g/mol. The van der Waals surface area contributed by atoms with Crippen LogP contribution in [0.4, 0.5) is 0 Å². The number of hydrogen-bond acceptors (Lipinski definition) is 3. The Bertz CT molecular complexity index is 1010. The zero-order valence-electron chi connectivity index (χ0n) is 13.7. The molecule has 1 aliphatic carbocycles. The molecule has 1 aromatic carbocycles. The first-order valence-electron chi connectivity index (χ1n) is 8.24. The number of H-pyrrole nitrogens is 1. The number of aromatic nitrogens is 3. The van der Waals surface area contributed by atoms with Crippen LogP contribution in [0.2, 0.25) is 0 Å². The Morgan fingerprint density at radius 3 is 2.58 bits per heavy atom. The third-order valence-electron chi connectivity index (χ3n) is 4.65. The summed E-state index contributed by atoms with van der Waals surface area (Å²) in [6, 6.07) is 10.5. The molecule has 0 bridgehead atoms. The van der Waals surface area contributed by atoms with E-state index in [0.29, 0.717) is 22.7 Å². The molecule has 2 aromatic heterocycles. The van der Waals surface area contributed by atoms with Crippen LogP contribution >= 0.6 is 0 Å². The van der Waals surface area contributed by atoms with E-state index in [1.54, 1.807) is 0 Å². The van der Waals surface area contributed by atoms with Gasteiger partial charge in [0.05, 0.1) is 11.9 Å². The molecule has 4 rings (SSSR count). The molecule has 0 atom stereocenters. The highest BCUT2D eigenvalue weighted by molar-refractivity contribution is 5.68. The predicted octanol–water partition coefficient (Wildman–Crippen LogP) is 3.56. The maximum absolute atomic E-state index is 12.8. The Balaban J connectivity index is 1.96. The molecule has 1 aliphatic rings. The molecule has 2 heterocycles. The Morgan fingerprint density at radius 1 is 1.29 bits per heavy atom. The number of hydrogen-bond donors (Lipinski definition) is 1. The first-order valence-corrected chi connectivity index (χ1v) is 8.24. The van der Waals surface area contributed by atoms with Gasteiger partial charge in [-0.15, -0.1) is 0 Å². The van der Waals surface area contributed by atoms with E-state index in [-0.39, 0.29) is 11.5 Å². The summed E-state index contributed by atoms with van der Waals surface area (Å²) in [6.07, 6.45) is 3.96. The van der Waals surface area contributed by atoms with Crippen molar-refractivity contribution in [2.24, 2.45) is 0 Å². The molecule has 0 radical (unpaired) electrons. The van der Waals surface area contributed by atoms with E-state index in [0.717, 1.165) is 11.3 Å². The van der Waals surface area contributed by atoms with Crippen molar-refractivity contribution < 1.29 is 0 Å². The monoisotopic (exact) mass is 318 g/mol. The van der Waals surface area contributed by atoms with Crippen LogP contribution in [0.5, 0.6) is 0 Å². The van der Waals surface area contributed by atoms with Crippen molar-refractivity contribution in [3.8, 4) is 17.3 Å². The van der Waals surface area contributed by atoms with Gasteiger partial charge in [0, 0.05) is 5.56 Å². The van der Waals surface area contributed by atoms with Crippen LogP contribution in [0, 0.1) is 11.3 Å².